The van der Waals surface area contributed by atoms with Crippen LogP contribution in [0.2, 0.25) is 10.0 Å². The van der Waals surface area contributed by atoms with E-state index in [0.29, 0.717) is 10.0 Å². The fourth-order valence-electron chi connectivity index (χ4n) is 2.52. The van der Waals surface area contributed by atoms with Gasteiger partial charge in [-0.05, 0) is 49.1 Å². The molecule has 1 aliphatic rings. The van der Waals surface area contributed by atoms with Gasteiger partial charge in [0.1, 0.15) is 0 Å². The second-order valence-electron chi connectivity index (χ2n) is 4.91. The normalized spacial score (nSPS) is 17.3. The highest BCUT2D eigenvalue weighted by molar-refractivity contribution is 6.34. The molecule has 0 bridgehead atoms. The van der Waals surface area contributed by atoms with Crippen LogP contribution in [0, 0.1) is 5.92 Å². The monoisotopic (exact) mass is 271 g/mol. The summed E-state index contributed by atoms with van der Waals surface area (Å²) in [5.74, 6) is 0.860. The van der Waals surface area contributed by atoms with Crippen molar-refractivity contribution in [2.45, 2.75) is 38.6 Å². The minimum absolute atomic E-state index is 0.715. The minimum Gasteiger partial charge on any atom is -0.312 e. The van der Waals surface area contributed by atoms with Gasteiger partial charge in [-0.2, -0.15) is 0 Å². The molecule has 0 radical (unpaired) electrons. The first kappa shape index (κ1) is 13.2. The Bertz CT molecular complexity index is 339. The van der Waals surface area contributed by atoms with Crippen LogP contribution in [0.25, 0.3) is 0 Å². The van der Waals surface area contributed by atoms with E-state index in [4.69, 9.17) is 23.2 Å². The summed E-state index contributed by atoms with van der Waals surface area (Å²) in [5.41, 5.74) is 1.17. The van der Waals surface area contributed by atoms with Gasteiger partial charge < -0.3 is 5.32 Å². The average molecular weight is 272 g/mol. The molecule has 1 N–H and O–H groups in total. The van der Waals surface area contributed by atoms with Crippen LogP contribution in [0.1, 0.15) is 37.7 Å². The van der Waals surface area contributed by atoms with Gasteiger partial charge in [-0.3, -0.25) is 0 Å². The molecule has 0 atom stereocenters. The minimum atomic E-state index is 0.715. The lowest BCUT2D eigenvalue weighted by Crippen LogP contribution is -2.24. The molecule has 0 unspecified atom stereocenters. The van der Waals surface area contributed by atoms with Crippen molar-refractivity contribution in [1.82, 2.24) is 5.32 Å². The van der Waals surface area contributed by atoms with Crippen LogP contribution < -0.4 is 5.32 Å². The molecule has 0 spiro atoms. The first-order valence-corrected chi connectivity index (χ1v) is 7.15. The second kappa shape index (κ2) is 6.63. The zero-order chi connectivity index (χ0) is 12.1. The number of nitrogens with one attached hydrogen (secondary N) is 1. The average Bonchev–Trinajstić information content (AvgIpc) is 2.29. The number of benzene rings is 1. The van der Waals surface area contributed by atoms with Crippen molar-refractivity contribution in [3.63, 3.8) is 0 Å². The Morgan fingerprint density at radius 1 is 1.00 bits per heavy atom. The number of hydrogen-bond donors (Lipinski definition) is 1. The zero-order valence-electron chi connectivity index (χ0n) is 10.0. The highest BCUT2D eigenvalue weighted by Gasteiger charge is 2.12. The zero-order valence-corrected chi connectivity index (χ0v) is 11.5. The van der Waals surface area contributed by atoms with Crippen LogP contribution in [0.5, 0.6) is 0 Å². The Morgan fingerprint density at radius 2 is 1.65 bits per heavy atom. The second-order valence-corrected chi connectivity index (χ2v) is 5.79. The summed E-state index contributed by atoms with van der Waals surface area (Å²) in [5, 5.41) is 4.94. The van der Waals surface area contributed by atoms with Gasteiger partial charge >= 0.3 is 0 Å². The fourth-order valence-corrected chi connectivity index (χ4v) is 3.10. The molecule has 2 rings (SSSR count). The molecule has 0 aliphatic heterocycles. The molecular formula is C14H19Cl2N. The lowest BCUT2D eigenvalue weighted by atomic mass is 9.89. The predicted molar refractivity (Wildman–Crippen MR) is 74.7 cm³/mol. The van der Waals surface area contributed by atoms with Crippen LogP contribution in [0.15, 0.2) is 18.2 Å². The van der Waals surface area contributed by atoms with Gasteiger partial charge in [0, 0.05) is 16.6 Å². The van der Waals surface area contributed by atoms with Gasteiger partial charge in [-0.1, -0.05) is 42.5 Å². The third-order valence-corrected chi connectivity index (χ3v) is 3.85. The van der Waals surface area contributed by atoms with Gasteiger partial charge in [0.2, 0.25) is 0 Å². The van der Waals surface area contributed by atoms with Crippen molar-refractivity contribution >= 4 is 23.2 Å². The van der Waals surface area contributed by atoms with E-state index in [1.54, 1.807) is 6.07 Å². The predicted octanol–water partition coefficient (Wildman–Crippen LogP) is 4.66. The number of rotatable bonds is 4. The largest absolute Gasteiger partial charge is 0.312 e. The van der Waals surface area contributed by atoms with E-state index in [-0.39, 0.29) is 0 Å². The number of halogens is 2. The van der Waals surface area contributed by atoms with E-state index in [2.05, 4.69) is 5.32 Å². The molecule has 1 aromatic carbocycles. The Hall–Kier alpha value is -0.240. The fraction of sp³-hybridized carbons (Fsp3) is 0.571. The molecular weight excluding hydrogens is 253 g/mol. The van der Waals surface area contributed by atoms with E-state index >= 15 is 0 Å². The van der Waals surface area contributed by atoms with E-state index in [1.165, 1.54) is 37.7 Å². The van der Waals surface area contributed by atoms with E-state index < -0.39 is 0 Å². The van der Waals surface area contributed by atoms with E-state index in [1.807, 2.05) is 12.1 Å². The van der Waals surface area contributed by atoms with Gasteiger partial charge in [-0.15, -0.1) is 0 Å². The SMILES string of the molecule is Clc1cc(Cl)cc(CNCC2CCCCC2)c1. The summed E-state index contributed by atoms with van der Waals surface area (Å²) in [6, 6.07) is 5.72. The standard InChI is InChI=1S/C14H19Cl2N/c15-13-6-12(7-14(16)8-13)10-17-9-11-4-2-1-3-5-11/h6-8,11,17H,1-5,9-10H2. The van der Waals surface area contributed by atoms with Crippen LogP contribution >= 0.6 is 23.2 Å². The van der Waals surface area contributed by atoms with Crippen LogP contribution in [-0.2, 0) is 6.54 Å². The van der Waals surface area contributed by atoms with Gasteiger partial charge in [0.05, 0.1) is 0 Å². The molecule has 3 heteroatoms. The van der Waals surface area contributed by atoms with Crippen molar-refractivity contribution in [3.05, 3.63) is 33.8 Å². The van der Waals surface area contributed by atoms with Crippen LogP contribution in [-0.4, -0.2) is 6.54 Å². The molecule has 1 fully saturated rings. The first-order valence-electron chi connectivity index (χ1n) is 6.40. The molecule has 1 nitrogen and oxygen atoms in total. The number of hydrogen-bond acceptors (Lipinski definition) is 1. The Morgan fingerprint density at radius 3 is 2.29 bits per heavy atom. The van der Waals surface area contributed by atoms with Crippen molar-refractivity contribution in [3.8, 4) is 0 Å². The molecule has 0 amide bonds. The quantitative estimate of drug-likeness (QED) is 0.840. The molecule has 94 valence electrons. The maximum atomic E-state index is 5.97. The summed E-state index contributed by atoms with van der Waals surface area (Å²) in [7, 11) is 0. The van der Waals surface area contributed by atoms with Crippen molar-refractivity contribution in [1.29, 1.82) is 0 Å². The maximum Gasteiger partial charge on any atom is 0.0424 e. The summed E-state index contributed by atoms with van der Waals surface area (Å²) >= 11 is 11.9. The lowest BCUT2D eigenvalue weighted by molar-refractivity contribution is 0.342. The van der Waals surface area contributed by atoms with Crippen LogP contribution in [0.3, 0.4) is 0 Å². The first-order chi connectivity index (χ1) is 8.24. The highest BCUT2D eigenvalue weighted by atomic mass is 35.5. The summed E-state index contributed by atoms with van der Waals surface area (Å²) in [6.07, 6.45) is 6.97. The van der Waals surface area contributed by atoms with Gasteiger partial charge in [-0.25, -0.2) is 0 Å². The smallest absolute Gasteiger partial charge is 0.0424 e. The topological polar surface area (TPSA) is 12.0 Å². The molecule has 1 aromatic rings. The summed E-state index contributed by atoms with van der Waals surface area (Å²) in [6.45, 7) is 1.97. The lowest BCUT2D eigenvalue weighted by Gasteiger charge is -2.21. The van der Waals surface area contributed by atoms with Crippen molar-refractivity contribution in [2.24, 2.45) is 5.92 Å². The Labute approximate surface area is 114 Å². The molecule has 0 saturated heterocycles. The van der Waals surface area contributed by atoms with Crippen molar-refractivity contribution in [2.75, 3.05) is 6.54 Å². The molecule has 0 heterocycles. The van der Waals surface area contributed by atoms with Gasteiger partial charge in [0.15, 0.2) is 0 Å². The van der Waals surface area contributed by atoms with Gasteiger partial charge in [0.25, 0.3) is 0 Å². The Kier molecular flexibility index (Phi) is 5.15. The molecule has 17 heavy (non-hydrogen) atoms. The van der Waals surface area contributed by atoms with Crippen LogP contribution in [0.4, 0.5) is 0 Å². The molecule has 1 saturated carbocycles. The third-order valence-electron chi connectivity index (χ3n) is 3.41. The maximum absolute atomic E-state index is 5.97. The highest BCUT2D eigenvalue weighted by Crippen LogP contribution is 2.23. The van der Waals surface area contributed by atoms with Crippen molar-refractivity contribution < 1.29 is 0 Å². The molecule has 1 aliphatic carbocycles. The molecule has 0 aromatic heterocycles. The summed E-state index contributed by atoms with van der Waals surface area (Å²) in [4.78, 5) is 0. The summed E-state index contributed by atoms with van der Waals surface area (Å²) < 4.78 is 0. The third kappa shape index (κ3) is 4.50. The van der Waals surface area contributed by atoms with E-state index in [9.17, 15) is 0 Å². The van der Waals surface area contributed by atoms with E-state index in [0.717, 1.165) is 19.0 Å². The Balaban J connectivity index is 1.77.